The summed E-state index contributed by atoms with van der Waals surface area (Å²) < 4.78 is 5.16. The van der Waals surface area contributed by atoms with Gasteiger partial charge in [-0.3, -0.25) is 0 Å². The van der Waals surface area contributed by atoms with E-state index < -0.39 is 0 Å². The second-order valence-corrected chi connectivity index (χ2v) is 3.49. The molecular formula is C10H23NO. The number of nitrogens with one attached hydrogen (secondary N) is 1. The molecule has 74 valence electrons. The summed E-state index contributed by atoms with van der Waals surface area (Å²) >= 11 is 0. The van der Waals surface area contributed by atoms with E-state index in [0.29, 0.717) is 5.41 Å². The molecule has 0 unspecified atom stereocenters. The second kappa shape index (κ2) is 6.44. The highest BCUT2D eigenvalue weighted by atomic mass is 16.5. The summed E-state index contributed by atoms with van der Waals surface area (Å²) in [6.07, 6.45) is 2.50. The van der Waals surface area contributed by atoms with Crippen molar-refractivity contribution < 1.29 is 4.74 Å². The molecule has 2 nitrogen and oxygen atoms in total. The molecule has 1 aliphatic rings. The normalized spacial score (nSPS) is 21.0. The summed E-state index contributed by atoms with van der Waals surface area (Å²) in [5.41, 5.74) is 0.444. The third-order valence-corrected chi connectivity index (χ3v) is 2.30. The number of ether oxygens (including phenoxy) is 1. The van der Waals surface area contributed by atoms with E-state index in [1.807, 2.05) is 13.8 Å². The number of methoxy groups -OCH3 is 1. The first-order valence-electron chi connectivity index (χ1n) is 4.96. The van der Waals surface area contributed by atoms with Gasteiger partial charge in [0.2, 0.25) is 0 Å². The molecule has 1 heterocycles. The fraction of sp³-hybridized carbons (Fsp3) is 1.00. The smallest absolute Gasteiger partial charge is 0.0516 e. The first kappa shape index (κ1) is 11.9. The number of rotatable bonds is 2. The fourth-order valence-electron chi connectivity index (χ4n) is 1.52. The van der Waals surface area contributed by atoms with Gasteiger partial charge in [0.05, 0.1) is 6.61 Å². The standard InChI is InChI=1S/C8H17NO.C2H6/c1-8(7-10-2)3-5-9-6-4-8;1-2/h9H,3-7H2,1-2H3;1-2H3. The highest BCUT2D eigenvalue weighted by Gasteiger charge is 2.25. The van der Waals surface area contributed by atoms with Crippen molar-refractivity contribution in [2.45, 2.75) is 33.6 Å². The zero-order valence-corrected chi connectivity index (χ0v) is 8.94. The Hall–Kier alpha value is -0.0800. The van der Waals surface area contributed by atoms with Gasteiger partial charge in [-0.15, -0.1) is 0 Å². The second-order valence-electron chi connectivity index (χ2n) is 3.49. The van der Waals surface area contributed by atoms with Gasteiger partial charge in [-0.25, -0.2) is 0 Å². The van der Waals surface area contributed by atoms with Gasteiger partial charge in [0, 0.05) is 7.11 Å². The molecule has 0 bridgehead atoms. The maximum absolute atomic E-state index is 5.16. The average Bonchev–Trinajstić information content (AvgIpc) is 2.09. The van der Waals surface area contributed by atoms with Crippen LogP contribution in [0.5, 0.6) is 0 Å². The van der Waals surface area contributed by atoms with Crippen molar-refractivity contribution >= 4 is 0 Å². The summed E-state index contributed by atoms with van der Waals surface area (Å²) in [5.74, 6) is 0. The van der Waals surface area contributed by atoms with E-state index in [-0.39, 0.29) is 0 Å². The van der Waals surface area contributed by atoms with Crippen LogP contribution in [0.4, 0.5) is 0 Å². The van der Waals surface area contributed by atoms with E-state index in [0.717, 1.165) is 19.7 Å². The van der Waals surface area contributed by atoms with Crippen molar-refractivity contribution in [2.24, 2.45) is 5.41 Å². The Balaban J connectivity index is 0.000000561. The van der Waals surface area contributed by atoms with Gasteiger partial charge in [0.1, 0.15) is 0 Å². The fourth-order valence-corrected chi connectivity index (χ4v) is 1.52. The summed E-state index contributed by atoms with van der Waals surface area (Å²) in [6.45, 7) is 9.52. The molecule has 0 atom stereocenters. The zero-order valence-electron chi connectivity index (χ0n) is 8.94. The highest BCUT2D eigenvalue weighted by molar-refractivity contribution is 4.79. The molecule has 0 spiro atoms. The largest absolute Gasteiger partial charge is 0.384 e. The van der Waals surface area contributed by atoms with E-state index in [2.05, 4.69) is 12.2 Å². The lowest BCUT2D eigenvalue weighted by atomic mass is 9.82. The predicted molar refractivity (Wildman–Crippen MR) is 53.4 cm³/mol. The topological polar surface area (TPSA) is 21.3 Å². The van der Waals surface area contributed by atoms with Crippen LogP contribution < -0.4 is 5.32 Å². The van der Waals surface area contributed by atoms with Crippen molar-refractivity contribution in [1.82, 2.24) is 5.32 Å². The van der Waals surface area contributed by atoms with E-state index in [9.17, 15) is 0 Å². The van der Waals surface area contributed by atoms with Gasteiger partial charge in [-0.05, 0) is 31.3 Å². The minimum absolute atomic E-state index is 0.444. The molecule has 0 amide bonds. The monoisotopic (exact) mass is 173 g/mol. The predicted octanol–water partition coefficient (Wildman–Crippen LogP) is 2.05. The summed E-state index contributed by atoms with van der Waals surface area (Å²) in [6, 6.07) is 0. The number of hydrogen-bond acceptors (Lipinski definition) is 2. The Kier molecular flexibility index (Phi) is 6.39. The SMILES string of the molecule is CC.COCC1(C)CCNCC1. The van der Waals surface area contributed by atoms with Crippen LogP contribution in [0.1, 0.15) is 33.6 Å². The van der Waals surface area contributed by atoms with Crippen LogP contribution in [0.3, 0.4) is 0 Å². The first-order valence-corrected chi connectivity index (χ1v) is 4.96. The van der Waals surface area contributed by atoms with Crippen molar-refractivity contribution in [3.05, 3.63) is 0 Å². The minimum Gasteiger partial charge on any atom is -0.384 e. The molecule has 12 heavy (non-hydrogen) atoms. The molecule has 0 aliphatic carbocycles. The minimum atomic E-state index is 0.444. The first-order chi connectivity index (χ1) is 5.77. The number of hydrogen-bond donors (Lipinski definition) is 1. The molecule has 1 N–H and O–H groups in total. The molecule has 1 saturated heterocycles. The van der Waals surface area contributed by atoms with Crippen LogP contribution in [0, 0.1) is 5.41 Å². The van der Waals surface area contributed by atoms with Crippen molar-refractivity contribution in [1.29, 1.82) is 0 Å². The van der Waals surface area contributed by atoms with Crippen LogP contribution in [0.2, 0.25) is 0 Å². The van der Waals surface area contributed by atoms with Gasteiger partial charge in [0.25, 0.3) is 0 Å². The Morgan fingerprint density at radius 1 is 1.25 bits per heavy atom. The quantitative estimate of drug-likeness (QED) is 0.690. The van der Waals surface area contributed by atoms with Crippen LogP contribution in [0.15, 0.2) is 0 Å². The van der Waals surface area contributed by atoms with E-state index in [1.165, 1.54) is 12.8 Å². The van der Waals surface area contributed by atoms with Crippen LogP contribution in [-0.4, -0.2) is 26.8 Å². The summed E-state index contributed by atoms with van der Waals surface area (Å²) in [4.78, 5) is 0. The van der Waals surface area contributed by atoms with E-state index >= 15 is 0 Å². The van der Waals surface area contributed by atoms with Crippen LogP contribution in [-0.2, 0) is 4.74 Å². The van der Waals surface area contributed by atoms with Crippen molar-refractivity contribution in [3.63, 3.8) is 0 Å². The molecule has 0 radical (unpaired) electrons. The third kappa shape index (κ3) is 4.07. The summed E-state index contributed by atoms with van der Waals surface area (Å²) in [7, 11) is 1.79. The van der Waals surface area contributed by atoms with Gasteiger partial charge in [-0.2, -0.15) is 0 Å². The van der Waals surface area contributed by atoms with Crippen molar-refractivity contribution in [2.75, 3.05) is 26.8 Å². The molecule has 1 rings (SSSR count). The van der Waals surface area contributed by atoms with Gasteiger partial charge in [-0.1, -0.05) is 20.8 Å². The van der Waals surface area contributed by atoms with Gasteiger partial charge in [0.15, 0.2) is 0 Å². The van der Waals surface area contributed by atoms with Crippen LogP contribution >= 0.6 is 0 Å². The Bertz CT molecular complexity index is 92.5. The Labute approximate surface area is 76.7 Å². The molecule has 0 aromatic carbocycles. The van der Waals surface area contributed by atoms with Gasteiger partial charge < -0.3 is 10.1 Å². The molecule has 0 aromatic heterocycles. The van der Waals surface area contributed by atoms with E-state index in [1.54, 1.807) is 7.11 Å². The average molecular weight is 173 g/mol. The molecule has 1 aliphatic heterocycles. The maximum Gasteiger partial charge on any atom is 0.0516 e. The zero-order chi connectivity index (χ0) is 9.45. The molecule has 1 fully saturated rings. The lowest BCUT2D eigenvalue weighted by molar-refractivity contribution is 0.0681. The molecular weight excluding hydrogens is 150 g/mol. The lowest BCUT2D eigenvalue weighted by Crippen LogP contribution is -2.37. The molecule has 2 heteroatoms. The number of piperidine rings is 1. The van der Waals surface area contributed by atoms with Crippen molar-refractivity contribution in [3.8, 4) is 0 Å². The molecule has 0 saturated carbocycles. The lowest BCUT2D eigenvalue weighted by Gasteiger charge is -2.33. The van der Waals surface area contributed by atoms with Crippen LogP contribution in [0.25, 0.3) is 0 Å². The Morgan fingerprint density at radius 3 is 2.17 bits per heavy atom. The van der Waals surface area contributed by atoms with Gasteiger partial charge >= 0.3 is 0 Å². The Morgan fingerprint density at radius 2 is 1.75 bits per heavy atom. The summed E-state index contributed by atoms with van der Waals surface area (Å²) in [5, 5.41) is 3.34. The third-order valence-electron chi connectivity index (χ3n) is 2.30. The maximum atomic E-state index is 5.16. The molecule has 0 aromatic rings. The van der Waals surface area contributed by atoms with E-state index in [4.69, 9.17) is 4.74 Å². The highest BCUT2D eigenvalue weighted by Crippen LogP contribution is 2.27.